The molecule has 0 aliphatic rings. The maximum atomic E-state index is 5.38. The molecule has 0 spiro atoms. The molecule has 0 aliphatic carbocycles. The molecule has 3 nitrogen and oxygen atoms in total. The summed E-state index contributed by atoms with van der Waals surface area (Å²) in [5, 5.41) is 3.14. The topological polar surface area (TPSA) is 50.9 Å². The molecule has 0 bridgehead atoms. The van der Waals surface area contributed by atoms with E-state index in [9.17, 15) is 0 Å². The summed E-state index contributed by atoms with van der Waals surface area (Å²) in [6.45, 7) is 0. The number of nitrogens with one attached hydrogen (secondary N) is 1. The summed E-state index contributed by atoms with van der Waals surface area (Å²) >= 11 is 4.76. The minimum atomic E-state index is 0.269. The lowest BCUT2D eigenvalue weighted by Gasteiger charge is -2.05. The number of aromatic nitrogens is 1. The average molecular weight is 229 g/mol. The molecule has 2 aromatic rings. The van der Waals surface area contributed by atoms with Gasteiger partial charge in [-0.25, -0.2) is 0 Å². The number of anilines is 1. The van der Waals surface area contributed by atoms with Crippen molar-refractivity contribution in [3.05, 3.63) is 48.7 Å². The summed E-state index contributed by atoms with van der Waals surface area (Å²) in [4.78, 5) is 4.27. The standard InChI is InChI=1S/C12H11N3S/c13-12(16)15-10-6-4-9(5-7-10)11-3-1-2-8-14-11/h1-8H,(H3,13,15,16). The minimum Gasteiger partial charge on any atom is -0.376 e. The molecular formula is C12H11N3S. The van der Waals surface area contributed by atoms with Gasteiger partial charge in [0.05, 0.1) is 5.69 Å². The van der Waals surface area contributed by atoms with Crippen molar-refractivity contribution in [3.8, 4) is 11.3 Å². The second kappa shape index (κ2) is 4.72. The summed E-state index contributed by atoms with van der Waals surface area (Å²) in [5.74, 6) is 0. The smallest absolute Gasteiger partial charge is 0.168 e. The van der Waals surface area contributed by atoms with Crippen LogP contribution < -0.4 is 11.1 Å². The molecule has 1 aromatic carbocycles. The Balaban J connectivity index is 2.23. The van der Waals surface area contributed by atoms with E-state index in [1.807, 2.05) is 42.5 Å². The number of benzene rings is 1. The Labute approximate surface area is 99.3 Å². The fourth-order valence-corrected chi connectivity index (χ4v) is 1.52. The van der Waals surface area contributed by atoms with E-state index >= 15 is 0 Å². The zero-order valence-corrected chi connectivity index (χ0v) is 9.37. The van der Waals surface area contributed by atoms with Gasteiger partial charge >= 0.3 is 0 Å². The zero-order chi connectivity index (χ0) is 11.4. The Morgan fingerprint density at radius 1 is 1.12 bits per heavy atom. The van der Waals surface area contributed by atoms with Crippen LogP contribution in [0.15, 0.2) is 48.7 Å². The van der Waals surface area contributed by atoms with Gasteiger partial charge in [-0.15, -0.1) is 0 Å². The monoisotopic (exact) mass is 229 g/mol. The zero-order valence-electron chi connectivity index (χ0n) is 8.55. The predicted molar refractivity (Wildman–Crippen MR) is 70.1 cm³/mol. The Bertz CT molecular complexity index is 479. The van der Waals surface area contributed by atoms with Crippen molar-refractivity contribution in [2.75, 3.05) is 5.32 Å². The van der Waals surface area contributed by atoms with Gasteiger partial charge in [-0.1, -0.05) is 18.2 Å². The van der Waals surface area contributed by atoms with E-state index in [0.717, 1.165) is 16.9 Å². The third-order valence-electron chi connectivity index (χ3n) is 2.11. The molecule has 0 aliphatic heterocycles. The Kier molecular flexibility index (Phi) is 3.12. The van der Waals surface area contributed by atoms with Crippen molar-refractivity contribution < 1.29 is 0 Å². The van der Waals surface area contributed by atoms with Gasteiger partial charge in [0, 0.05) is 17.4 Å². The van der Waals surface area contributed by atoms with Gasteiger partial charge in [-0.3, -0.25) is 4.98 Å². The number of hydrogen-bond donors (Lipinski definition) is 2. The summed E-state index contributed by atoms with van der Waals surface area (Å²) in [7, 11) is 0. The quantitative estimate of drug-likeness (QED) is 0.776. The number of pyridine rings is 1. The van der Waals surface area contributed by atoms with Crippen LogP contribution in [0.3, 0.4) is 0 Å². The van der Waals surface area contributed by atoms with Crippen LogP contribution >= 0.6 is 12.2 Å². The van der Waals surface area contributed by atoms with Crippen LogP contribution in [-0.4, -0.2) is 10.1 Å². The molecule has 0 unspecified atom stereocenters. The van der Waals surface area contributed by atoms with E-state index in [2.05, 4.69) is 10.3 Å². The SMILES string of the molecule is NC(=S)Nc1ccc(-c2ccccn2)cc1. The van der Waals surface area contributed by atoms with Gasteiger partial charge in [0.2, 0.25) is 0 Å². The highest BCUT2D eigenvalue weighted by Gasteiger charge is 1.98. The molecular weight excluding hydrogens is 218 g/mol. The minimum absolute atomic E-state index is 0.269. The van der Waals surface area contributed by atoms with Crippen LogP contribution in [0.25, 0.3) is 11.3 Å². The van der Waals surface area contributed by atoms with Crippen LogP contribution in [0.5, 0.6) is 0 Å². The van der Waals surface area contributed by atoms with Crippen LogP contribution in [0.1, 0.15) is 0 Å². The van der Waals surface area contributed by atoms with E-state index in [1.54, 1.807) is 6.20 Å². The second-order valence-corrected chi connectivity index (χ2v) is 3.72. The van der Waals surface area contributed by atoms with Crippen molar-refractivity contribution >= 4 is 23.0 Å². The van der Waals surface area contributed by atoms with Crippen molar-refractivity contribution in [2.24, 2.45) is 5.73 Å². The first-order chi connectivity index (χ1) is 7.75. The van der Waals surface area contributed by atoms with Gasteiger partial charge in [-0.2, -0.15) is 0 Å². The molecule has 1 heterocycles. The van der Waals surface area contributed by atoms with Gasteiger partial charge in [0.15, 0.2) is 5.11 Å². The fourth-order valence-electron chi connectivity index (χ4n) is 1.40. The molecule has 80 valence electrons. The van der Waals surface area contributed by atoms with E-state index in [4.69, 9.17) is 18.0 Å². The highest BCUT2D eigenvalue weighted by atomic mass is 32.1. The molecule has 0 radical (unpaired) electrons. The van der Waals surface area contributed by atoms with Gasteiger partial charge < -0.3 is 11.1 Å². The highest BCUT2D eigenvalue weighted by Crippen LogP contribution is 2.18. The molecule has 2 rings (SSSR count). The Morgan fingerprint density at radius 2 is 1.88 bits per heavy atom. The first kappa shape index (κ1) is 10.6. The maximum absolute atomic E-state index is 5.38. The second-order valence-electron chi connectivity index (χ2n) is 3.28. The predicted octanol–water partition coefficient (Wildman–Crippen LogP) is 2.40. The molecule has 0 saturated carbocycles. The third kappa shape index (κ3) is 2.55. The summed E-state index contributed by atoms with van der Waals surface area (Å²) in [6, 6.07) is 13.6. The molecule has 0 saturated heterocycles. The van der Waals surface area contributed by atoms with E-state index in [0.29, 0.717) is 0 Å². The van der Waals surface area contributed by atoms with Crippen LogP contribution in [0.4, 0.5) is 5.69 Å². The van der Waals surface area contributed by atoms with E-state index in [1.165, 1.54) is 0 Å². The van der Waals surface area contributed by atoms with Gasteiger partial charge in [0.25, 0.3) is 0 Å². The molecule has 16 heavy (non-hydrogen) atoms. The highest BCUT2D eigenvalue weighted by molar-refractivity contribution is 7.80. The number of hydrogen-bond acceptors (Lipinski definition) is 2. The largest absolute Gasteiger partial charge is 0.376 e. The molecule has 0 atom stereocenters. The van der Waals surface area contributed by atoms with Gasteiger partial charge in [0.1, 0.15) is 0 Å². The first-order valence-corrected chi connectivity index (χ1v) is 5.24. The van der Waals surface area contributed by atoms with E-state index in [-0.39, 0.29) is 5.11 Å². The number of nitrogens with two attached hydrogens (primary N) is 1. The fraction of sp³-hybridized carbons (Fsp3) is 0. The molecule has 1 aromatic heterocycles. The summed E-state index contributed by atoms with van der Waals surface area (Å²) < 4.78 is 0. The van der Waals surface area contributed by atoms with Crippen molar-refractivity contribution in [1.29, 1.82) is 0 Å². The van der Waals surface area contributed by atoms with Crippen molar-refractivity contribution in [2.45, 2.75) is 0 Å². The van der Waals surface area contributed by atoms with Crippen LogP contribution in [0, 0.1) is 0 Å². The summed E-state index contributed by atoms with van der Waals surface area (Å²) in [6.07, 6.45) is 1.77. The van der Waals surface area contributed by atoms with Crippen molar-refractivity contribution in [1.82, 2.24) is 4.98 Å². The normalized spacial score (nSPS) is 9.75. The molecule has 0 amide bonds. The number of thiocarbonyl (C=S) groups is 1. The Hall–Kier alpha value is -1.94. The lowest BCUT2D eigenvalue weighted by Crippen LogP contribution is -2.18. The van der Waals surface area contributed by atoms with E-state index < -0.39 is 0 Å². The van der Waals surface area contributed by atoms with Crippen LogP contribution in [-0.2, 0) is 0 Å². The van der Waals surface area contributed by atoms with Crippen LogP contribution in [0.2, 0.25) is 0 Å². The maximum Gasteiger partial charge on any atom is 0.168 e. The van der Waals surface area contributed by atoms with Gasteiger partial charge in [-0.05, 0) is 36.5 Å². The summed E-state index contributed by atoms with van der Waals surface area (Å²) in [5.41, 5.74) is 8.28. The average Bonchev–Trinajstić information content (AvgIpc) is 2.30. The first-order valence-electron chi connectivity index (χ1n) is 4.83. The number of rotatable bonds is 2. The number of nitrogens with zero attached hydrogens (tertiary/aromatic N) is 1. The lowest BCUT2D eigenvalue weighted by atomic mass is 10.1. The van der Waals surface area contributed by atoms with Crippen molar-refractivity contribution in [3.63, 3.8) is 0 Å². The Morgan fingerprint density at radius 3 is 2.44 bits per heavy atom. The third-order valence-corrected chi connectivity index (χ3v) is 2.22. The molecule has 4 heteroatoms. The lowest BCUT2D eigenvalue weighted by molar-refractivity contribution is 1.33. The molecule has 0 fully saturated rings. The molecule has 3 N–H and O–H groups in total.